The van der Waals surface area contributed by atoms with Crippen LogP contribution in [0.2, 0.25) is 0 Å². The number of fused-ring (bicyclic) bond motifs is 1. The van der Waals surface area contributed by atoms with Crippen LogP contribution >= 0.6 is 11.3 Å². The zero-order chi connectivity index (χ0) is 19.8. The summed E-state index contributed by atoms with van der Waals surface area (Å²) in [6, 6.07) is 7.68. The van der Waals surface area contributed by atoms with Crippen LogP contribution in [0.3, 0.4) is 0 Å². The smallest absolute Gasteiger partial charge is 0.332 e. The van der Waals surface area contributed by atoms with Crippen molar-refractivity contribution in [3.8, 4) is 0 Å². The second kappa shape index (κ2) is 7.39. The topological polar surface area (TPSA) is 64.3 Å². The third kappa shape index (κ3) is 3.30. The van der Waals surface area contributed by atoms with Crippen LogP contribution in [0.5, 0.6) is 0 Å². The van der Waals surface area contributed by atoms with Crippen LogP contribution in [-0.4, -0.2) is 33.0 Å². The maximum atomic E-state index is 13.2. The largest absolute Gasteiger partial charge is 0.341 e. The molecular weight excluding hydrogens is 374 g/mol. The van der Waals surface area contributed by atoms with Gasteiger partial charge in [0.2, 0.25) is 5.91 Å². The Morgan fingerprint density at radius 3 is 2.50 bits per heavy atom. The van der Waals surface area contributed by atoms with E-state index in [9.17, 15) is 14.4 Å². The van der Waals surface area contributed by atoms with Gasteiger partial charge in [-0.2, -0.15) is 0 Å². The SMILES string of the molecule is Cc1ccc(Cn2c(=O)c3sccc3n(CC(=O)N3CCCC3)c2=O)cc1C. The number of hydrogen-bond donors (Lipinski definition) is 0. The summed E-state index contributed by atoms with van der Waals surface area (Å²) in [5.41, 5.74) is 3.00. The van der Waals surface area contributed by atoms with Crippen LogP contribution in [-0.2, 0) is 17.9 Å². The Morgan fingerprint density at radius 2 is 1.79 bits per heavy atom. The summed E-state index contributed by atoms with van der Waals surface area (Å²) < 4.78 is 3.22. The predicted octanol–water partition coefficient (Wildman–Crippen LogP) is 2.51. The minimum Gasteiger partial charge on any atom is -0.341 e. The molecule has 146 valence electrons. The quantitative estimate of drug-likeness (QED) is 0.680. The molecule has 6 nitrogen and oxygen atoms in total. The number of carbonyl (C=O) groups is 1. The van der Waals surface area contributed by atoms with Crippen molar-refractivity contribution >= 4 is 27.5 Å². The summed E-state index contributed by atoms with van der Waals surface area (Å²) in [5, 5.41) is 1.79. The lowest BCUT2D eigenvalue weighted by Crippen LogP contribution is -2.42. The molecule has 7 heteroatoms. The molecule has 0 saturated carbocycles. The van der Waals surface area contributed by atoms with Gasteiger partial charge in [-0.3, -0.25) is 18.7 Å². The number of aryl methyl sites for hydroxylation is 2. The number of carbonyl (C=O) groups excluding carboxylic acids is 1. The van der Waals surface area contributed by atoms with Gasteiger partial charge in [-0.25, -0.2) is 4.79 Å². The lowest BCUT2D eigenvalue weighted by atomic mass is 10.1. The molecule has 4 rings (SSSR count). The Labute approximate surface area is 166 Å². The average molecular weight is 398 g/mol. The van der Waals surface area contributed by atoms with Crippen LogP contribution in [0.4, 0.5) is 0 Å². The molecule has 2 aromatic heterocycles. The summed E-state index contributed by atoms with van der Waals surface area (Å²) in [6.07, 6.45) is 2.00. The predicted molar refractivity (Wildman–Crippen MR) is 111 cm³/mol. The monoisotopic (exact) mass is 397 g/mol. The molecule has 0 spiro atoms. The zero-order valence-electron chi connectivity index (χ0n) is 16.1. The fourth-order valence-electron chi connectivity index (χ4n) is 3.71. The summed E-state index contributed by atoms with van der Waals surface area (Å²) in [7, 11) is 0. The Bertz CT molecular complexity index is 1170. The van der Waals surface area contributed by atoms with Crippen LogP contribution in [0.25, 0.3) is 10.2 Å². The molecule has 28 heavy (non-hydrogen) atoms. The molecule has 1 aromatic carbocycles. The number of hydrogen-bond acceptors (Lipinski definition) is 4. The molecular formula is C21H23N3O3S. The van der Waals surface area contributed by atoms with Crippen LogP contribution < -0.4 is 11.2 Å². The van der Waals surface area contributed by atoms with Crippen molar-refractivity contribution < 1.29 is 4.79 Å². The van der Waals surface area contributed by atoms with Crippen molar-refractivity contribution in [2.45, 2.75) is 39.8 Å². The molecule has 0 radical (unpaired) electrons. The van der Waals surface area contributed by atoms with E-state index >= 15 is 0 Å². The second-order valence-electron chi connectivity index (χ2n) is 7.40. The number of rotatable bonds is 4. The highest BCUT2D eigenvalue weighted by molar-refractivity contribution is 7.17. The van der Waals surface area contributed by atoms with E-state index in [2.05, 4.69) is 0 Å². The van der Waals surface area contributed by atoms with Gasteiger partial charge in [-0.05, 0) is 54.8 Å². The van der Waals surface area contributed by atoms with Crippen LogP contribution in [0.15, 0.2) is 39.2 Å². The molecule has 0 bridgehead atoms. The van der Waals surface area contributed by atoms with E-state index in [-0.39, 0.29) is 24.6 Å². The first-order valence-corrected chi connectivity index (χ1v) is 10.4. The van der Waals surface area contributed by atoms with Gasteiger partial charge in [-0.1, -0.05) is 18.2 Å². The Morgan fingerprint density at radius 1 is 1.04 bits per heavy atom. The maximum Gasteiger partial charge on any atom is 0.332 e. The van der Waals surface area contributed by atoms with Crippen molar-refractivity contribution in [1.82, 2.24) is 14.0 Å². The van der Waals surface area contributed by atoms with E-state index in [1.54, 1.807) is 16.3 Å². The molecule has 3 aromatic rings. The number of aromatic nitrogens is 2. The van der Waals surface area contributed by atoms with E-state index in [0.29, 0.717) is 10.2 Å². The van der Waals surface area contributed by atoms with Crippen molar-refractivity contribution in [3.63, 3.8) is 0 Å². The Hall–Kier alpha value is -2.67. The first-order valence-electron chi connectivity index (χ1n) is 9.50. The molecule has 1 fully saturated rings. The van der Waals surface area contributed by atoms with Gasteiger partial charge in [0.1, 0.15) is 11.2 Å². The lowest BCUT2D eigenvalue weighted by Gasteiger charge is -2.17. The highest BCUT2D eigenvalue weighted by Gasteiger charge is 2.21. The fourth-order valence-corrected chi connectivity index (χ4v) is 4.55. The number of amides is 1. The van der Waals surface area contributed by atoms with Gasteiger partial charge < -0.3 is 4.90 Å². The number of likely N-dealkylation sites (tertiary alicyclic amines) is 1. The van der Waals surface area contributed by atoms with E-state index in [1.165, 1.54) is 26.0 Å². The highest BCUT2D eigenvalue weighted by Crippen LogP contribution is 2.17. The first kappa shape index (κ1) is 18.7. The Balaban J connectivity index is 1.78. The van der Waals surface area contributed by atoms with E-state index in [4.69, 9.17) is 0 Å². The van der Waals surface area contributed by atoms with E-state index < -0.39 is 5.69 Å². The van der Waals surface area contributed by atoms with Crippen molar-refractivity contribution in [3.05, 3.63) is 67.2 Å². The highest BCUT2D eigenvalue weighted by atomic mass is 32.1. The first-order chi connectivity index (χ1) is 13.5. The third-order valence-electron chi connectivity index (χ3n) is 5.50. The second-order valence-corrected chi connectivity index (χ2v) is 8.32. The fraction of sp³-hybridized carbons (Fsp3) is 0.381. The van der Waals surface area contributed by atoms with Crippen LogP contribution in [0.1, 0.15) is 29.5 Å². The van der Waals surface area contributed by atoms with Gasteiger partial charge >= 0.3 is 5.69 Å². The van der Waals surface area contributed by atoms with Gasteiger partial charge in [-0.15, -0.1) is 11.3 Å². The van der Waals surface area contributed by atoms with E-state index in [0.717, 1.165) is 37.1 Å². The molecule has 0 atom stereocenters. The minimum atomic E-state index is -0.429. The van der Waals surface area contributed by atoms with Crippen molar-refractivity contribution in [2.75, 3.05) is 13.1 Å². The van der Waals surface area contributed by atoms with Gasteiger partial charge in [0, 0.05) is 13.1 Å². The van der Waals surface area contributed by atoms with Gasteiger partial charge in [0.15, 0.2) is 0 Å². The normalized spacial score (nSPS) is 14.1. The van der Waals surface area contributed by atoms with Crippen LogP contribution in [0, 0.1) is 13.8 Å². The molecule has 1 saturated heterocycles. The Kier molecular flexibility index (Phi) is 4.93. The number of thiophene rings is 1. The summed E-state index contributed by atoms with van der Waals surface area (Å²) in [6.45, 7) is 5.69. The molecule has 0 N–H and O–H groups in total. The minimum absolute atomic E-state index is 0.0285. The van der Waals surface area contributed by atoms with Crippen molar-refractivity contribution in [1.29, 1.82) is 0 Å². The summed E-state index contributed by atoms with van der Waals surface area (Å²) in [5.74, 6) is -0.0662. The third-order valence-corrected chi connectivity index (χ3v) is 6.39. The number of nitrogens with zero attached hydrogens (tertiary/aromatic N) is 3. The molecule has 1 amide bonds. The van der Waals surface area contributed by atoms with Gasteiger partial charge in [0.05, 0.1) is 12.1 Å². The standard InChI is InChI=1S/C21H23N3O3S/c1-14-5-6-16(11-15(14)2)12-24-20(26)19-17(7-10-28-19)23(21(24)27)13-18(25)22-8-3-4-9-22/h5-7,10-11H,3-4,8-9,12-13H2,1-2H3. The zero-order valence-corrected chi connectivity index (χ0v) is 16.9. The molecule has 0 aliphatic carbocycles. The average Bonchev–Trinajstić information content (AvgIpc) is 3.37. The van der Waals surface area contributed by atoms with Crippen molar-refractivity contribution in [2.24, 2.45) is 0 Å². The summed E-state index contributed by atoms with van der Waals surface area (Å²) >= 11 is 1.31. The molecule has 0 unspecified atom stereocenters. The lowest BCUT2D eigenvalue weighted by molar-refractivity contribution is -0.130. The maximum absolute atomic E-state index is 13.2. The molecule has 3 heterocycles. The summed E-state index contributed by atoms with van der Waals surface area (Å²) in [4.78, 5) is 40.5. The van der Waals surface area contributed by atoms with Gasteiger partial charge in [0.25, 0.3) is 5.56 Å². The molecule has 1 aliphatic rings. The molecule has 1 aliphatic heterocycles. The number of benzene rings is 1. The van der Waals surface area contributed by atoms with E-state index in [1.807, 2.05) is 32.0 Å².